The molecule has 0 bridgehead atoms. The molecule has 0 fully saturated rings. The number of carbonyl (C=O) groups is 1. The Hall–Kier alpha value is -4.21. The highest BCUT2D eigenvalue weighted by Gasteiger charge is 2.28. The Balaban J connectivity index is 2.10. The molecule has 0 radical (unpaired) electrons. The molecule has 1 aromatic heterocycles. The Kier molecular flexibility index (Phi) is 6.06. The number of hydrogen-bond donors (Lipinski definition) is 1. The first-order chi connectivity index (χ1) is 14.5. The second-order valence-electron chi connectivity index (χ2n) is 6.04. The van der Waals surface area contributed by atoms with E-state index < -0.39 is 10.9 Å². The van der Waals surface area contributed by atoms with Gasteiger partial charge in [-0.25, -0.2) is 14.8 Å². The number of nitro groups is 1. The molecule has 10 heteroatoms. The van der Waals surface area contributed by atoms with E-state index in [1.807, 2.05) is 0 Å². The third kappa shape index (κ3) is 3.97. The molecule has 2 aromatic carbocycles. The van der Waals surface area contributed by atoms with E-state index in [0.717, 1.165) is 0 Å². The summed E-state index contributed by atoms with van der Waals surface area (Å²) in [6.45, 7) is 0. The number of methoxy groups -OCH3 is 2. The van der Waals surface area contributed by atoms with Crippen molar-refractivity contribution in [3.05, 3.63) is 70.5 Å². The summed E-state index contributed by atoms with van der Waals surface area (Å²) in [6.07, 6.45) is 1.21. The maximum absolute atomic E-state index is 12.1. The van der Waals surface area contributed by atoms with E-state index in [-0.39, 0.29) is 22.9 Å². The van der Waals surface area contributed by atoms with Crippen LogP contribution >= 0.6 is 0 Å². The molecule has 3 rings (SSSR count). The predicted octanol–water partition coefficient (Wildman–Crippen LogP) is 3.69. The molecule has 10 nitrogen and oxygen atoms in total. The van der Waals surface area contributed by atoms with Crippen molar-refractivity contribution >= 4 is 34.7 Å². The van der Waals surface area contributed by atoms with Gasteiger partial charge in [0.25, 0.3) is 0 Å². The average Bonchev–Trinajstić information content (AvgIpc) is 2.78. The van der Waals surface area contributed by atoms with Crippen molar-refractivity contribution in [2.24, 2.45) is 0 Å². The zero-order chi connectivity index (χ0) is 21.7. The van der Waals surface area contributed by atoms with E-state index in [4.69, 9.17) is 9.47 Å². The summed E-state index contributed by atoms with van der Waals surface area (Å²) >= 11 is 0. The second kappa shape index (κ2) is 8.86. The SMILES string of the molecule is COC(=O)c1ccccc1N(C)c1ncnc(Nc2ccccc2OC)c1[N+](=O)[O-]. The smallest absolute Gasteiger partial charge is 0.354 e. The number of rotatable bonds is 7. The first kappa shape index (κ1) is 20.5. The highest BCUT2D eigenvalue weighted by molar-refractivity contribution is 5.97. The van der Waals surface area contributed by atoms with Gasteiger partial charge in [0, 0.05) is 7.05 Å². The fourth-order valence-corrected chi connectivity index (χ4v) is 2.91. The minimum Gasteiger partial charge on any atom is -0.495 e. The number of aromatic nitrogens is 2. The molecular formula is C20H19N5O5. The molecule has 0 spiro atoms. The maximum atomic E-state index is 12.1. The minimum atomic E-state index is -0.579. The van der Waals surface area contributed by atoms with Gasteiger partial charge >= 0.3 is 11.7 Å². The third-order valence-corrected chi connectivity index (χ3v) is 4.33. The lowest BCUT2D eigenvalue weighted by molar-refractivity contribution is -0.383. The average molecular weight is 409 g/mol. The number of carbonyl (C=O) groups excluding carboxylic acids is 1. The van der Waals surface area contributed by atoms with Crippen LogP contribution in [0.2, 0.25) is 0 Å². The largest absolute Gasteiger partial charge is 0.495 e. The van der Waals surface area contributed by atoms with Crippen LogP contribution in [-0.2, 0) is 4.74 Å². The lowest BCUT2D eigenvalue weighted by atomic mass is 10.1. The van der Waals surface area contributed by atoms with Crippen molar-refractivity contribution in [3.8, 4) is 5.75 Å². The number of hydrogen-bond acceptors (Lipinski definition) is 9. The van der Waals surface area contributed by atoms with E-state index >= 15 is 0 Å². The molecule has 0 saturated carbocycles. The topological polar surface area (TPSA) is 120 Å². The van der Waals surface area contributed by atoms with Crippen LogP contribution in [0.15, 0.2) is 54.9 Å². The Bertz CT molecular complexity index is 1090. The molecule has 0 saturated heterocycles. The van der Waals surface area contributed by atoms with Gasteiger partial charge in [-0.15, -0.1) is 0 Å². The van der Waals surface area contributed by atoms with E-state index in [1.54, 1.807) is 55.6 Å². The molecule has 0 aliphatic carbocycles. The molecule has 0 aliphatic heterocycles. The van der Waals surface area contributed by atoms with Crippen LogP contribution in [0.3, 0.4) is 0 Å². The molecule has 154 valence electrons. The minimum absolute atomic E-state index is 0.00347. The van der Waals surface area contributed by atoms with Gasteiger partial charge in [0.15, 0.2) is 0 Å². The van der Waals surface area contributed by atoms with Crippen LogP contribution in [0.4, 0.5) is 28.7 Å². The summed E-state index contributed by atoms with van der Waals surface area (Å²) in [4.78, 5) is 33.1. The van der Waals surface area contributed by atoms with E-state index in [9.17, 15) is 14.9 Å². The fraction of sp³-hybridized carbons (Fsp3) is 0.150. The Morgan fingerprint density at radius 1 is 1.10 bits per heavy atom. The monoisotopic (exact) mass is 409 g/mol. The number of benzene rings is 2. The van der Waals surface area contributed by atoms with Crippen LogP contribution in [0, 0.1) is 10.1 Å². The zero-order valence-electron chi connectivity index (χ0n) is 16.5. The van der Waals surface area contributed by atoms with Crippen molar-refractivity contribution in [2.45, 2.75) is 0 Å². The molecule has 3 aromatic rings. The van der Waals surface area contributed by atoms with Crippen molar-refractivity contribution < 1.29 is 19.2 Å². The lowest BCUT2D eigenvalue weighted by Gasteiger charge is -2.21. The number of para-hydroxylation sites is 3. The Morgan fingerprint density at radius 2 is 1.80 bits per heavy atom. The van der Waals surface area contributed by atoms with Crippen molar-refractivity contribution in [1.82, 2.24) is 9.97 Å². The van der Waals surface area contributed by atoms with Gasteiger partial charge in [-0.05, 0) is 24.3 Å². The predicted molar refractivity (Wildman–Crippen MR) is 111 cm³/mol. The van der Waals surface area contributed by atoms with Crippen LogP contribution in [0.1, 0.15) is 10.4 Å². The van der Waals surface area contributed by atoms with Crippen molar-refractivity contribution in [3.63, 3.8) is 0 Å². The normalized spacial score (nSPS) is 10.2. The first-order valence-electron chi connectivity index (χ1n) is 8.78. The standard InChI is InChI=1S/C20H19N5O5/c1-24(15-10-6-4-8-13(15)20(26)30-3)19-17(25(27)28)18(21-12-22-19)23-14-9-5-7-11-16(14)29-2/h4-12H,1-3H3,(H,21,22,23). The second-order valence-corrected chi connectivity index (χ2v) is 6.04. The summed E-state index contributed by atoms with van der Waals surface area (Å²) in [5.41, 5.74) is 0.792. The van der Waals surface area contributed by atoms with Gasteiger partial charge in [-0.3, -0.25) is 10.1 Å². The molecule has 0 unspecified atom stereocenters. The van der Waals surface area contributed by atoms with Crippen molar-refractivity contribution in [1.29, 1.82) is 0 Å². The first-order valence-corrected chi connectivity index (χ1v) is 8.78. The fourth-order valence-electron chi connectivity index (χ4n) is 2.91. The highest BCUT2D eigenvalue weighted by Crippen LogP contribution is 2.38. The van der Waals surface area contributed by atoms with E-state index in [2.05, 4.69) is 15.3 Å². The molecule has 0 atom stereocenters. The van der Waals surface area contributed by atoms with Gasteiger partial charge in [-0.2, -0.15) is 0 Å². The quantitative estimate of drug-likeness (QED) is 0.354. The van der Waals surface area contributed by atoms with E-state index in [1.165, 1.54) is 25.4 Å². The number of nitrogens with one attached hydrogen (secondary N) is 1. The third-order valence-electron chi connectivity index (χ3n) is 4.33. The molecule has 1 heterocycles. The van der Waals surface area contributed by atoms with Gasteiger partial charge in [-0.1, -0.05) is 24.3 Å². The summed E-state index contributed by atoms with van der Waals surface area (Å²) in [5, 5.41) is 14.9. The van der Waals surface area contributed by atoms with Crippen LogP contribution in [0.5, 0.6) is 5.75 Å². The summed E-state index contributed by atoms with van der Waals surface area (Å²) in [6, 6.07) is 13.6. The summed E-state index contributed by atoms with van der Waals surface area (Å²) in [5.74, 6) is -0.0847. The van der Waals surface area contributed by atoms with Gasteiger partial charge < -0.3 is 19.7 Å². The molecule has 0 aliphatic rings. The summed E-state index contributed by atoms with van der Waals surface area (Å²) in [7, 11) is 4.34. The Morgan fingerprint density at radius 3 is 2.50 bits per heavy atom. The molecular weight excluding hydrogens is 390 g/mol. The van der Waals surface area contributed by atoms with Crippen LogP contribution in [0.25, 0.3) is 0 Å². The van der Waals surface area contributed by atoms with Crippen LogP contribution < -0.4 is 15.0 Å². The zero-order valence-corrected chi connectivity index (χ0v) is 16.5. The number of nitrogens with zero attached hydrogens (tertiary/aromatic N) is 4. The maximum Gasteiger partial charge on any atom is 0.354 e. The molecule has 0 amide bonds. The number of ether oxygens (including phenoxy) is 2. The number of anilines is 4. The number of esters is 1. The molecule has 30 heavy (non-hydrogen) atoms. The molecule has 1 N–H and O–H groups in total. The van der Waals surface area contributed by atoms with Gasteiger partial charge in [0.2, 0.25) is 11.6 Å². The van der Waals surface area contributed by atoms with Gasteiger partial charge in [0.1, 0.15) is 12.1 Å². The lowest BCUT2D eigenvalue weighted by Crippen LogP contribution is -2.18. The Labute approximate surface area is 172 Å². The van der Waals surface area contributed by atoms with Crippen molar-refractivity contribution in [2.75, 3.05) is 31.5 Å². The van der Waals surface area contributed by atoms with E-state index in [0.29, 0.717) is 17.1 Å². The van der Waals surface area contributed by atoms with Crippen LogP contribution in [-0.4, -0.2) is 42.1 Å². The summed E-state index contributed by atoms with van der Waals surface area (Å²) < 4.78 is 10.1. The van der Waals surface area contributed by atoms with Gasteiger partial charge in [0.05, 0.1) is 36.1 Å². The highest BCUT2D eigenvalue weighted by atomic mass is 16.6.